The fourth-order valence-corrected chi connectivity index (χ4v) is 3.09. The number of nitrogens with zero attached hydrogens (tertiary/aromatic N) is 2. The van der Waals surface area contributed by atoms with Crippen LogP contribution in [-0.2, 0) is 13.0 Å². The van der Waals surface area contributed by atoms with E-state index < -0.39 is 0 Å². The van der Waals surface area contributed by atoms with Crippen molar-refractivity contribution in [3.8, 4) is 0 Å². The largest absolute Gasteiger partial charge is 0.366 e. The van der Waals surface area contributed by atoms with Crippen LogP contribution in [0.15, 0.2) is 41.0 Å². The van der Waals surface area contributed by atoms with Crippen LogP contribution in [-0.4, -0.2) is 11.5 Å². The van der Waals surface area contributed by atoms with Crippen LogP contribution in [0.5, 0.6) is 0 Å². The van der Waals surface area contributed by atoms with Gasteiger partial charge < -0.3 is 4.90 Å². The third-order valence-corrected chi connectivity index (χ3v) is 4.48. The normalized spacial score (nSPS) is 13.8. The lowest BCUT2D eigenvalue weighted by molar-refractivity contribution is 0.835. The smallest absolute Gasteiger partial charge is 0.145 e. The first-order chi connectivity index (χ1) is 8.75. The van der Waals surface area contributed by atoms with Gasteiger partial charge in [-0.25, -0.2) is 4.98 Å². The molecule has 4 heteroatoms. The molecule has 0 bridgehead atoms. The first-order valence-corrected chi connectivity index (χ1v) is 7.04. The Hall–Kier alpha value is -1.06. The number of hydrogen-bond acceptors (Lipinski definition) is 2. The summed E-state index contributed by atoms with van der Waals surface area (Å²) in [4.78, 5) is 6.53. The summed E-state index contributed by atoms with van der Waals surface area (Å²) in [5.74, 6) is 0. The van der Waals surface area contributed by atoms with Crippen molar-refractivity contribution in [1.29, 1.82) is 0 Å². The predicted octanol–water partition coefficient (Wildman–Crippen LogP) is 4.06. The quantitative estimate of drug-likeness (QED) is 0.775. The van der Waals surface area contributed by atoms with Gasteiger partial charge in [-0.3, -0.25) is 0 Å². The molecule has 2 aromatic rings. The number of hydrogen-bond donors (Lipinski definition) is 0. The Balaban J connectivity index is 1.93. The van der Waals surface area contributed by atoms with Crippen molar-refractivity contribution in [2.45, 2.75) is 13.0 Å². The summed E-state index contributed by atoms with van der Waals surface area (Å²) in [5, 5.41) is 0.536. The molecule has 0 amide bonds. The lowest BCUT2D eigenvalue weighted by Gasteiger charge is -2.20. The van der Waals surface area contributed by atoms with E-state index in [-0.39, 0.29) is 0 Å². The highest BCUT2D eigenvalue weighted by Crippen LogP contribution is 2.39. The maximum absolute atomic E-state index is 6.08. The SMILES string of the molecule is Clc1ncc2c(c1Br)N(Cc1ccccc1)CC2. The molecule has 0 radical (unpaired) electrons. The molecule has 0 aliphatic carbocycles. The molecule has 3 rings (SSSR count). The molecule has 1 aliphatic rings. The Bertz CT molecular complexity index is 572. The minimum absolute atomic E-state index is 0.536. The summed E-state index contributed by atoms with van der Waals surface area (Å²) in [6.07, 6.45) is 2.92. The van der Waals surface area contributed by atoms with Crippen LogP contribution >= 0.6 is 27.5 Å². The molecular weight excluding hydrogens is 312 g/mol. The monoisotopic (exact) mass is 322 g/mol. The van der Waals surface area contributed by atoms with E-state index >= 15 is 0 Å². The molecule has 2 heterocycles. The highest BCUT2D eigenvalue weighted by molar-refractivity contribution is 9.10. The third-order valence-electron chi connectivity index (χ3n) is 3.21. The minimum atomic E-state index is 0.536. The zero-order valence-electron chi connectivity index (χ0n) is 9.74. The molecule has 0 saturated heterocycles. The maximum Gasteiger partial charge on any atom is 0.145 e. The predicted molar refractivity (Wildman–Crippen MR) is 78.1 cm³/mol. The van der Waals surface area contributed by atoms with Gasteiger partial charge in [0.25, 0.3) is 0 Å². The Morgan fingerprint density at radius 1 is 1.28 bits per heavy atom. The van der Waals surface area contributed by atoms with Crippen molar-refractivity contribution >= 4 is 33.2 Å². The van der Waals surface area contributed by atoms with E-state index in [1.54, 1.807) is 0 Å². The highest BCUT2D eigenvalue weighted by Gasteiger charge is 2.23. The van der Waals surface area contributed by atoms with E-state index in [0.29, 0.717) is 5.15 Å². The second kappa shape index (κ2) is 4.90. The second-order valence-corrected chi connectivity index (χ2v) is 5.55. The number of pyridine rings is 1. The first-order valence-electron chi connectivity index (χ1n) is 5.87. The maximum atomic E-state index is 6.08. The Labute approximate surface area is 120 Å². The third kappa shape index (κ3) is 2.13. The topological polar surface area (TPSA) is 16.1 Å². The standard InChI is InChI=1S/C14H12BrClN2/c15-12-13-11(8-17-14(12)16)6-7-18(13)9-10-4-2-1-3-5-10/h1-5,8H,6-7,9H2. The van der Waals surface area contributed by atoms with E-state index in [1.165, 1.54) is 16.8 Å². The van der Waals surface area contributed by atoms with Crippen molar-refractivity contribution in [1.82, 2.24) is 4.98 Å². The van der Waals surface area contributed by atoms with Gasteiger partial charge in [0.1, 0.15) is 5.15 Å². The molecule has 0 saturated carbocycles. The van der Waals surface area contributed by atoms with Gasteiger partial charge in [0.2, 0.25) is 0 Å². The zero-order valence-corrected chi connectivity index (χ0v) is 12.1. The fourth-order valence-electron chi connectivity index (χ4n) is 2.35. The minimum Gasteiger partial charge on any atom is -0.366 e. The summed E-state index contributed by atoms with van der Waals surface area (Å²) in [6, 6.07) is 10.5. The molecule has 0 spiro atoms. The highest BCUT2D eigenvalue weighted by atomic mass is 79.9. The van der Waals surface area contributed by atoms with E-state index in [9.17, 15) is 0 Å². The van der Waals surface area contributed by atoms with Crippen LogP contribution in [0.25, 0.3) is 0 Å². The van der Waals surface area contributed by atoms with Crippen molar-refractivity contribution in [2.24, 2.45) is 0 Å². The number of benzene rings is 1. The molecule has 0 unspecified atom stereocenters. The van der Waals surface area contributed by atoms with E-state index in [2.05, 4.69) is 50.1 Å². The molecule has 92 valence electrons. The first kappa shape index (κ1) is 12.0. The molecule has 18 heavy (non-hydrogen) atoms. The Morgan fingerprint density at radius 2 is 2.06 bits per heavy atom. The molecule has 1 aromatic heterocycles. The van der Waals surface area contributed by atoms with E-state index in [1.807, 2.05) is 12.3 Å². The molecule has 0 atom stereocenters. The van der Waals surface area contributed by atoms with Crippen molar-refractivity contribution < 1.29 is 0 Å². The van der Waals surface area contributed by atoms with Gasteiger partial charge in [-0.2, -0.15) is 0 Å². The second-order valence-electron chi connectivity index (χ2n) is 4.39. The average Bonchev–Trinajstić information content (AvgIpc) is 2.79. The molecular formula is C14H12BrClN2. The van der Waals surface area contributed by atoms with Crippen LogP contribution in [0.1, 0.15) is 11.1 Å². The molecule has 1 aliphatic heterocycles. The number of halogens is 2. The van der Waals surface area contributed by atoms with Crippen LogP contribution < -0.4 is 4.90 Å². The van der Waals surface area contributed by atoms with Gasteiger partial charge in [-0.1, -0.05) is 41.9 Å². The van der Waals surface area contributed by atoms with E-state index in [4.69, 9.17) is 11.6 Å². The van der Waals surface area contributed by atoms with Crippen molar-refractivity contribution in [3.05, 3.63) is 57.3 Å². The van der Waals surface area contributed by atoms with E-state index in [0.717, 1.165) is 24.0 Å². The van der Waals surface area contributed by atoms with Crippen LogP contribution in [0.2, 0.25) is 5.15 Å². The lowest BCUT2D eigenvalue weighted by atomic mass is 10.2. The number of fused-ring (bicyclic) bond motifs is 1. The van der Waals surface area contributed by atoms with Crippen molar-refractivity contribution in [3.63, 3.8) is 0 Å². The van der Waals surface area contributed by atoms with Crippen molar-refractivity contribution in [2.75, 3.05) is 11.4 Å². The number of rotatable bonds is 2. The summed E-state index contributed by atoms with van der Waals surface area (Å²) < 4.78 is 0.912. The molecule has 1 aromatic carbocycles. The van der Waals surface area contributed by atoms with Crippen LogP contribution in [0, 0.1) is 0 Å². The van der Waals surface area contributed by atoms with Gasteiger partial charge in [0.05, 0.1) is 10.2 Å². The number of anilines is 1. The molecule has 0 fully saturated rings. The Kier molecular flexibility index (Phi) is 3.27. The number of aromatic nitrogens is 1. The van der Waals surface area contributed by atoms with Gasteiger partial charge in [-0.15, -0.1) is 0 Å². The van der Waals surface area contributed by atoms with Crippen LogP contribution in [0.3, 0.4) is 0 Å². The van der Waals surface area contributed by atoms with Crippen LogP contribution in [0.4, 0.5) is 5.69 Å². The van der Waals surface area contributed by atoms with Gasteiger partial charge in [-0.05, 0) is 33.5 Å². The van der Waals surface area contributed by atoms with Gasteiger partial charge >= 0.3 is 0 Å². The summed E-state index contributed by atoms with van der Waals surface area (Å²) in [6.45, 7) is 1.93. The molecule has 2 nitrogen and oxygen atoms in total. The lowest BCUT2D eigenvalue weighted by Crippen LogP contribution is -2.20. The summed E-state index contributed by atoms with van der Waals surface area (Å²) >= 11 is 9.62. The zero-order chi connectivity index (χ0) is 12.5. The fraction of sp³-hybridized carbons (Fsp3) is 0.214. The Morgan fingerprint density at radius 3 is 2.83 bits per heavy atom. The van der Waals surface area contributed by atoms with Gasteiger partial charge in [0.15, 0.2) is 0 Å². The summed E-state index contributed by atoms with van der Waals surface area (Å²) in [7, 11) is 0. The summed E-state index contributed by atoms with van der Waals surface area (Å²) in [5.41, 5.74) is 3.77. The van der Waals surface area contributed by atoms with Gasteiger partial charge in [0, 0.05) is 19.3 Å². The molecule has 0 N–H and O–H groups in total. The average molecular weight is 324 g/mol.